The van der Waals surface area contributed by atoms with E-state index >= 15 is 0 Å². The first-order chi connectivity index (χ1) is 9.82. The summed E-state index contributed by atoms with van der Waals surface area (Å²) in [6.45, 7) is 3.80. The Kier molecular flexibility index (Phi) is 4.34. The maximum Gasteiger partial charge on any atom is 0.264 e. The van der Waals surface area contributed by atoms with Gasteiger partial charge in [0.1, 0.15) is 0 Å². The first kappa shape index (κ1) is 15.5. The third-order valence-corrected chi connectivity index (χ3v) is 5.23. The van der Waals surface area contributed by atoms with E-state index in [9.17, 15) is 8.42 Å². The van der Waals surface area contributed by atoms with E-state index < -0.39 is 10.0 Å². The largest absolute Gasteiger partial charge is 0.324 e. The Morgan fingerprint density at radius 2 is 1.71 bits per heavy atom. The fraction of sp³-hybridized carbons (Fsp3) is 0.250. The van der Waals surface area contributed by atoms with E-state index in [4.69, 9.17) is 5.73 Å². The summed E-state index contributed by atoms with van der Waals surface area (Å²) in [6, 6.07) is 14.0. The van der Waals surface area contributed by atoms with Crippen molar-refractivity contribution in [3.05, 3.63) is 59.7 Å². The van der Waals surface area contributed by atoms with Gasteiger partial charge in [0.05, 0.1) is 10.6 Å². The van der Waals surface area contributed by atoms with Crippen LogP contribution in [0.3, 0.4) is 0 Å². The highest BCUT2D eigenvalue weighted by atomic mass is 32.2. The second-order valence-corrected chi connectivity index (χ2v) is 7.14. The number of aryl methyl sites for hydroxylation is 1. The van der Waals surface area contributed by atoms with Gasteiger partial charge in [-0.1, -0.05) is 24.3 Å². The number of benzene rings is 2. The molecule has 0 aliphatic carbocycles. The zero-order valence-electron chi connectivity index (χ0n) is 12.4. The number of nitrogens with two attached hydrogens (primary N) is 1. The fourth-order valence-corrected chi connectivity index (χ4v) is 3.25. The van der Waals surface area contributed by atoms with Gasteiger partial charge >= 0.3 is 0 Å². The van der Waals surface area contributed by atoms with Crippen molar-refractivity contribution in [2.45, 2.75) is 24.8 Å². The normalized spacial score (nSPS) is 13.0. The molecule has 2 N–H and O–H groups in total. The van der Waals surface area contributed by atoms with E-state index in [2.05, 4.69) is 0 Å². The van der Waals surface area contributed by atoms with E-state index in [-0.39, 0.29) is 10.9 Å². The van der Waals surface area contributed by atoms with Crippen molar-refractivity contribution in [3.8, 4) is 0 Å². The topological polar surface area (TPSA) is 63.4 Å². The summed E-state index contributed by atoms with van der Waals surface area (Å²) in [7, 11) is -2.00. The Labute approximate surface area is 126 Å². The Bertz CT molecular complexity index is 722. The minimum absolute atomic E-state index is 0.115. The van der Waals surface area contributed by atoms with Crippen molar-refractivity contribution in [1.82, 2.24) is 0 Å². The van der Waals surface area contributed by atoms with Gasteiger partial charge in [0.15, 0.2) is 0 Å². The number of nitrogens with zero attached hydrogens (tertiary/aromatic N) is 1. The summed E-state index contributed by atoms with van der Waals surface area (Å²) >= 11 is 0. The summed E-state index contributed by atoms with van der Waals surface area (Å²) in [5, 5.41) is 0. The van der Waals surface area contributed by atoms with Crippen LogP contribution >= 0.6 is 0 Å². The summed E-state index contributed by atoms with van der Waals surface area (Å²) in [4.78, 5) is 0.260. The van der Waals surface area contributed by atoms with Crippen molar-refractivity contribution in [3.63, 3.8) is 0 Å². The molecule has 0 heterocycles. The molecule has 0 saturated carbocycles. The minimum Gasteiger partial charge on any atom is -0.324 e. The maximum atomic E-state index is 12.6. The lowest BCUT2D eigenvalue weighted by Crippen LogP contribution is -2.26. The van der Waals surface area contributed by atoms with Crippen molar-refractivity contribution in [1.29, 1.82) is 0 Å². The molecule has 0 radical (unpaired) electrons. The maximum absolute atomic E-state index is 12.6. The summed E-state index contributed by atoms with van der Waals surface area (Å²) in [5.41, 5.74) is 8.35. The van der Waals surface area contributed by atoms with Gasteiger partial charge in [-0.25, -0.2) is 8.42 Å². The van der Waals surface area contributed by atoms with Crippen LogP contribution in [0.2, 0.25) is 0 Å². The highest BCUT2D eigenvalue weighted by molar-refractivity contribution is 7.92. The van der Waals surface area contributed by atoms with Crippen LogP contribution < -0.4 is 10.0 Å². The molecule has 0 aliphatic heterocycles. The molecule has 1 atom stereocenters. The molecule has 0 aromatic heterocycles. The second-order valence-electron chi connectivity index (χ2n) is 5.17. The number of sulfonamides is 1. The first-order valence-electron chi connectivity index (χ1n) is 6.73. The van der Waals surface area contributed by atoms with Crippen molar-refractivity contribution in [2.24, 2.45) is 5.73 Å². The molecule has 2 aromatic rings. The molecule has 0 saturated heterocycles. The molecule has 5 heteroatoms. The van der Waals surface area contributed by atoms with E-state index in [0.717, 1.165) is 11.1 Å². The zero-order chi connectivity index (χ0) is 15.6. The molecule has 0 aliphatic rings. The summed E-state index contributed by atoms with van der Waals surface area (Å²) in [5.74, 6) is 0. The van der Waals surface area contributed by atoms with Crippen molar-refractivity contribution in [2.75, 3.05) is 11.4 Å². The third kappa shape index (κ3) is 3.25. The van der Waals surface area contributed by atoms with E-state index in [1.807, 2.05) is 32.0 Å². The van der Waals surface area contributed by atoms with Crippen LogP contribution in [0.15, 0.2) is 53.4 Å². The molecule has 0 spiro atoms. The zero-order valence-corrected chi connectivity index (χ0v) is 13.3. The van der Waals surface area contributed by atoms with Crippen LogP contribution in [0.5, 0.6) is 0 Å². The number of anilines is 1. The second kappa shape index (κ2) is 5.87. The lowest BCUT2D eigenvalue weighted by Gasteiger charge is -2.20. The monoisotopic (exact) mass is 304 g/mol. The third-order valence-electron chi connectivity index (χ3n) is 3.43. The molecular formula is C16H20N2O2S. The Balaban J connectivity index is 2.37. The van der Waals surface area contributed by atoms with Gasteiger partial charge in [-0.05, 0) is 49.2 Å². The van der Waals surface area contributed by atoms with Crippen LogP contribution in [0.25, 0.3) is 0 Å². The standard InChI is InChI=1S/C16H20N2O2S/c1-12-5-4-6-15(11-12)18(3)21(19,20)16-9-7-14(8-10-16)13(2)17/h4-11,13H,17H2,1-3H3. The molecule has 0 fully saturated rings. The first-order valence-corrected chi connectivity index (χ1v) is 8.17. The van der Waals surface area contributed by atoms with E-state index in [1.54, 1.807) is 37.4 Å². The predicted molar refractivity (Wildman–Crippen MR) is 85.8 cm³/mol. The van der Waals surface area contributed by atoms with Gasteiger partial charge in [0.2, 0.25) is 0 Å². The number of hydrogen-bond donors (Lipinski definition) is 1. The van der Waals surface area contributed by atoms with Gasteiger partial charge in [-0.3, -0.25) is 4.31 Å². The fourth-order valence-electron chi connectivity index (χ4n) is 2.06. The lowest BCUT2D eigenvalue weighted by molar-refractivity contribution is 0.594. The SMILES string of the molecule is Cc1cccc(N(C)S(=O)(=O)c2ccc(C(C)N)cc2)c1. The van der Waals surface area contributed by atoms with Gasteiger partial charge in [-0.2, -0.15) is 0 Å². The van der Waals surface area contributed by atoms with E-state index in [1.165, 1.54) is 4.31 Å². The van der Waals surface area contributed by atoms with Crippen LogP contribution in [0.4, 0.5) is 5.69 Å². The molecule has 112 valence electrons. The minimum atomic E-state index is -3.56. The molecule has 21 heavy (non-hydrogen) atoms. The molecular weight excluding hydrogens is 284 g/mol. The molecule has 0 amide bonds. The van der Waals surface area contributed by atoms with Crippen LogP contribution in [-0.2, 0) is 10.0 Å². The average Bonchev–Trinajstić information content (AvgIpc) is 2.46. The number of hydrogen-bond acceptors (Lipinski definition) is 3. The van der Waals surface area contributed by atoms with Gasteiger partial charge in [0.25, 0.3) is 10.0 Å². The van der Waals surface area contributed by atoms with Gasteiger partial charge in [0, 0.05) is 13.1 Å². The quantitative estimate of drug-likeness (QED) is 0.944. The molecule has 0 bridgehead atoms. The van der Waals surface area contributed by atoms with E-state index in [0.29, 0.717) is 5.69 Å². The summed E-state index contributed by atoms with van der Waals surface area (Å²) < 4.78 is 26.5. The Morgan fingerprint density at radius 1 is 1.10 bits per heavy atom. The van der Waals surface area contributed by atoms with Gasteiger partial charge in [-0.15, -0.1) is 0 Å². The van der Waals surface area contributed by atoms with Crippen molar-refractivity contribution >= 4 is 15.7 Å². The van der Waals surface area contributed by atoms with Crippen LogP contribution in [0, 0.1) is 6.92 Å². The highest BCUT2D eigenvalue weighted by Gasteiger charge is 2.21. The molecule has 2 aromatic carbocycles. The smallest absolute Gasteiger partial charge is 0.264 e. The highest BCUT2D eigenvalue weighted by Crippen LogP contribution is 2.23. The molecule has 2 rings (SSSR count). The van der Waals surface area contributed by atoms with Crippen LogP contribution in [0.1, 0.15) is 24.1 Å². The molecule has 1 unspecified atom stereocenters. The van der Waals surface area contributed by atoms with Crippen LogP contribution in [-0.4, -0.2) is 15.5 Å². The average molecular weight is 304 g/mol. The summed E-state index contributed by atoms with van der Waals surface area (Å²) in [6.07, 6.45) is 0. The van der Waals surface area contributed by atoms with Gasteiger partial charge < -0.3 is 5.73 Å². The number of rotatable bonds is 4. The predicted octanol–water partition coefficient (Wildman–Crippen LogP) is 2.84. The molecule has 4 nitrogen and oxygen atoms in total. The Hall–Kier alpha value is -1.85. The Morgan fingerprint density at radius 3 is 2.24 bits per heavy atom. The van der Waals surface area contributed by atoms with Crippen molar-refractivity contribution < 1.29 is 8.42 Å². The lowest BCUT2D eigenvalue weighted by atomic mass is 10.1.